The third-order valence-electron chi connectivity index (χ3n) is 6.60. The molecular weight excluding hydrogens is 558 g/mol. The standard InChI is InChI=1S/C28H39NO9S2/c1-19(30)35-18-24-26(36-20(2)31)27(37-21(3)32)25(28(38-24)39-23-15-8-5-9-16-23)29-40(33,34)17-11-10-14-22-12-6-4-7-13-22/h4,6-7,11-13,17,23-29H,5,8-10,14-16,18H2,1-3H3/b17-11+/t24-,25-,26-,27-,28-/m1/s1. The van der Waals surface area contributed by atoms with Gasteiger partial charge in [-0.1, -0.05) is 55.7 Å². The molecule has 1 saturated heterocycles. The Morgan fingerprint density at radius 1 is 0.975 bits per heavy atom. The van der Waals surface area contributed by atoms with E-state index in [1.807, 2.05) is 30.3 Å². The molecule has 40 heavy (non-hydrogen) atoms. The third-order valence-corrected chi connectivity index (χ3v) is 9.28. The minimum atomic E-state index is -4.01. The number of aryl methyl sites for hydroxylation is 1. The topological polar surface area (TPSA) is 134 Å². The monoisotopic (exact) mass is 597 g/mol. The molecule has 0 radical (unpaired) electrons. The van der Waals surface area contributed by atoms with Crippen LogP contribution in [0.2, 0.25) is 0 Å². The number of hydrogen-bond acceptors (Lipinski definition) is 10. The summed E-state index contributed by atoms with van der Waals surface area (Å²) in [5, 5.41) is 1.29. The Morgan fingerprint density at radius 2 is 1.62 bits per heavy atom. The van der Waals surface area contributed by atoms with Gasteiger partial charge in [0.1, 0.15) is 18.1 Å². The lowest BCUT2D eigenvalue weighted by molar-refractivity contribution is -0.210. The predicted octanol–water partition coefficient (Wildman–Crippen LogP) is 3.64. The van der Waals surface area contributed by atoms with Gasteiger partial charge in [-0.3, -0.25) is 14.4 Å². The van der Waals surface area contributed by atoms with Crippen molar-refractivity contribution in [1.29, 1.82) is 0 Å². The molecule has 1 N–H and O–H groups in total. The van der Waals surface area contributed by atoms with E-state index in [2.05, 4.69) is 4.72 Å². The number of nitrogens with one attached hydrogen (secondary N) is 1. The molecule has 222 valence electrons. The van der Waals surface area contributed by atoms with Crippen molar-refractivity contribution in [2.24, 2.45) is 0 Å². The maximum Gasteiger partial charge on any atom is 0.303 e. The lowest BCUT2D eigenvalue weighted by Gasteiger charge is -2.45. The minimum Gasteiger partial charge on any atom is -0.463 e. The molecule has 10 nitrogen and oxygen atoms in total. The SMILES string of the molecule is CC(=O)OC[C@H]1O[C@H](SC2CCCCC2)[C@H](NS(=O)(=O)/C=C/CCc2ccccc2)[C@@H](OC(C)=O)[C@@H]1OC(C)=O. The van der Waals surface area contributed by atoms with Crippen molar-refractivity contribution >= 4 is 39.7 Å². The van der Waals surface area contributed by atoms with Gasteiger partial charge in [0, 0.05) is 31.4 Å². The molecule has 1 aliphatic heterocycles. The van der Waals surface area contributed by atoms with Gasteiger partial charge in [0.05, 0.1) is 6.04 Å². The van der Waals surface area contributed by atoms with Crippen LogP contribution in [0.3, 0.4) is 0 Å². The molecule has 5 atom stereocenters. The molecule has 2 aliphatic rings. The quantitative estimate of drug-likeness (QED) is 0.281. The van der Waals surface area contributed by atoms with E-state index >= 15 is 0 Å². The van der Waals surface area contributed by atoms with Crippen LogP contribution in [0.25, 0.3) is 0 Å². The van der Waals surface area contributed by atoms with Crippen LogP contribution in [0.15, 0.2) is 41.8 Å². The third kappa shape index (κ3) is 10.5. The van der Waals surface area contributed by atoms with Crippen LogP contribution < -0.4 is 4.72 Å². The lowest BCUT2D eigenvalue weighted by atomic mass is 9.98. The molecule has 2 fully saturated rings. The highest BCUT2D eigenvalue weighted by Gasteiger charge is 2.52. The summed E-state index contributed by atoms with van der Waals surface area (Å²) in [7, 11) is -4.01. The first-order valence-electron chi connectivity index (χ1n) is 13.6. The first-order chi connectivity index (χ1) is 19.0. The first-order valence-corrected chi connectivity index (χ1v) is 16.0. The number of rotatable bonds is 12. The summed E-state index contributed by atoms with van der Waals surface area (Å²) < 4.78 is 51.6. The van der Waals surface area contributed by atoms with Crippen molar-refractivity contribution in [3.8, 4) is 0 Å². The molecule has 3 rings (SSSR count). The Labute approximate surface area is 240 Å². The zero-order chi connectivity index (χ0) is 29.1. The molecule has 1 aliphatic carbocycles. The van der Waals surface area contributed by atoms with E-state index in [4.69, 9.17) is 18.9 Å². The van der Waals surface area contributed by atoms with Gasteiger partial charge in [0.15, 0.2) is 12.2 Å². The van der Waals surface area contributed by atoms with Crippen LogP contribution in [-0.2, 0) is 49.8 Å². The Balaban J connectivity index is 1.87. The summed E-state index contributed by atoms with van der Waals surface area (Å²) >= 11 is 1.46. The van der Waals surface area contributed by atoms with Gasteiger partial charge in [-0.05, 0) is 31.2 Å². The van der Waals surface area contributed by atoms with Crippen LogP contribution in [0.5, 0.6) is 0 Å². The number of hydrogen-bond donors (Lipinski definition) is 1. The predicted molar refractivity (Wildman–Crippen MR) is 151 cm³/mol. The Hall–Kier alpha value is -2.41. The normalized spacial score (nSPS) is 25.8. The van der Waals surface area contributed by atoms with E-state index < -0.39 is 57.7 Å². The van der Waals surface area contributed by atoms with Crippen LogP contribution in [0, 0.1) is 0 Å². The molecular formula is C28H39NO9S2. The number of benzene rings is 1. The molecule has 1 aromatic rings. The van der Waals surface area contributed by atoms with E-state index in [1.165, 1.54) is 32.5 Å². The number of carbonyl (C=O) groups excluding carboxylic acids is 3. The van der Waals surface area contributed by atoms with Crippen molar-refractivity contribution in [2.45, 2.75) is 101 Å². The van der Waals surface area contributed by atoms with Gasteiger partial charge in [-0.15, -0.1) is 11.8 Å². The zero-order valence-electron chi connectivity index (χ0n) is 23.2. The van der Waals surface area contributed by atoms with E-state index in [9.17, 15) is 22.8 Å². The maximum absolute atomic E-state index is 13.2. The molecule has 0 aromatic heterocycles. The van der Waals surface area contributed by atoms with Crippen molar-refractivity contribution in [3.05, 3.63) is 47.4 Å². The molecule has 0 amide bonds. The van der Waals surface area contributed by atoms with E-state index in [0.717, 1.165) is 43.1 Å². The van der Waals surface area contributed by atoms with Gasteiger partial charge >= 0.3 is 17.9 Å². The number of allylic oxidation sites excluding steroid dienone is 1. The van der Waals surface area contributed by atoms with Crippen LogP contribution in [0.4, 0.5) is 0 Å². The van der Waals surface area contributed by atoms with Crippen molar-refractivity contribution in [1.82, 2.24) is 4.72 Å². The average molecular weight is 598 g/mol. The summed E-state index contributed by atoms with van der Waals surface area (Å²) in [5.41, 5.74) is 0.285. The van der Waals surface area contributed by atoms with E-state index in [-0.39, 0.29) is 11.9 Å². The largest absolute Gasteiger partial charge is 0.463 e. The molecule has 1 aromatic carbocycles. The van der Waals surface area contributed by atoms with Crippen molar-refractivity contribution in [2.75, 3.05) is 6.61 Å². The second kappa shape index (κ2) is 15.6. The first kappa shape index (κ1) is 32.1. The summed E-state index contributed by atoms with van der Waals surface area (Å²) in [5.74, 6) is -1.92. The summed E-state index contributed by atoms with van der Waals surface area (Å²) in [4.78, 5) is 35.8. The molecule has 1 heterocycles. The van der Waals surface area contributed by atoms with Crippen LogP contribution in [0.1, 0.15) is 64.9 Å². The summed E-state index contributed by atoms with van der Waals surface area (Å²) in [6.07, 6.45) is 4.43. The number of esters is 3. The summed E-state index contributed by atoms with van der Waals surface area (Å²) in [6, 6.07) is 8.64. The highest BCUT2D eigenvalue weighted by atomic mass is 32.2. The van der Waals surface area contributed by atoms with Gasteiger partial charge in [0.2, 0.25) is 10.0 Å². The van der Waals surface area contributed by atoms with Crippen molar-refractivity contribution < 1.29 is 41.7 Å². The molecule has 0 spiro atoms. The minimum absolute atomic E-state index is 0.199. The maximum atomic E-state index is 13.2. The smallest absolute Gasteiger partial charge is 0.303 e. The highest BCUT2D eigenvalue weighted by molar-refractivity contribution is 8.00. The molecule has 1 saturated carbocycles. The van der Waals surface area contributed by atoms with Crippen LogP contribution in [-0.4, -0.2) is 68.0 Å². The number of thioether (sulfide) groups is 1. The summed E-state index contributed by atoms with van der Waals surface area (Å²) in [6.45, 7) is 3.36. The average Bonchev–Trinajstić information content (AvgIpc) is 2.89. The van der Waals surface area contributed by atoms with Crippen molar-refractivity contribution in [3.63, 3.8) is 0 Å². The number of ether oxygens (including phenoxy) is 4. The number of carbonyl (C=O) groups is 3. The fourth-order valence-corrected chi connectivity index (χ4v) is 7.63. The Kier molecular flexibility index (Phi) is 12.5. The molecule has 12 heteroatoms. The Bertz CT molecular complexity index is 1120. The van der Waals surface area contributed by atoms with Gasteiger partial charge < -0.3 is 18.9 Å². The highest BCUT2D eigenvalue weighted by Crippen LogP contribution is 2.38. The molecule has 0 bridgehead atoms. The molecule has 0 unspecified atom stereocenters. The second-order valence-electron chi connectivity index (χ2n) is 9.97. The van der Waals surface area contributed by atoms with E-state index in [1.54, 1.807) is 6.08 Å². The van der Waals surface area contributed by atoms with E-state index in [0.29, 0.717) is 12.8 Å². The number of sulfonamides is 1. The zero-order valence-corrected chi connectivity index (χ0v) is 24.8. The van der Waals surface area contributed by atoms with Crippen LogP contribution >= 0.6 is 11.8 Å². The fourth-order valence-electron chi connectivity index (χ4n) is 4.85. The van der Waals surface area contributed by atoms with Gasteiger partial charge in [0.25, 0.3) is 0 Å². The van der Waals surface area contributed by atoms with Gasteiger partial charge in [-0.2, -0.15) is 0 Å². The Morgan fingerprint density at radius 3 is 2.25 bits per heavy atom. The lowest BCUT2D eigenvalue weighted by Crippen LogP contribution is -2.65. The van der Waals surface area contributed by atoms with Gasteiger partial charge in [-0.25, -0.2) is 13.1 Å². The second-order valence-corrected chi connectivity index (χ2v) is 13.0. The fraction of sp³-hybridized carbons (Fsp3) is 0.607.